The van der Waals surface area contributed by atoms with Gasteiger partial charge in [0.05, 0.1) is 6.10 Å². The molecular formula is C20H42O3. The lowest BCUT2D eigenvalue weighted by atomic mass is 10.0. The number of hydrogen-bond donors (Lipinski definition) is 2. The van der Waals surface area contributed by atoms with Crippen LogP contribution in [0.1, 0.15) is 103 Å². The first-order valence-electron chi connectivity index (χ1n) is 10.1. The Morgan fingerprint density at radius 2 is 0.826 bits per heavy atom. The van der Waals surface area contributed by atoms with Gasteiger partial charge in [0.15, 0.2) is 0 Å². The van der Waals surface area contributed by atoms with Crippen molar-refractivity contribution in [3.05, 3.63) is 0 Å². The Hall–Kier alpha value is -0.120. The molecule has 0 aliphatic heterocycles. The van der Waals surface area contributed by atoms with Gasteiger partial charge in [0.2, 0.25) is 0 Å². The fourth-order valence-electron chi connectivity index (χ4n) is 3.12. The summed E-state index contributed by atoms with van der Waals surface area (Å²) in [7, 11) is 1.86. The molecule has 0 heterocycles. The van der Waals surface area contributed by atoms with E-state index in [0.717, 1.165) is 12.8 Å². The van der Waals surface area contributed by atoms with Crippen molar-refractivity contribution in [2.75, 3.05) is 20.3 Å². The van der Waals surface area contributed by atoms with Crippen molar-refractivity contribution >= 4 is 0 Å². The van der Waals surface area contributed by atoms with Gasteiger partial charge in [-0.2, -0.15) is 0 Å². The van der Waals surface area contributed by atoms with Crippen LogP contribution >= 0.6 is 0 Å². The van der Waals surface area contributed by atoms with Crippen molar-refractivity contribution in [1.29, 1.82) is 0 Å². The minimum atomic E-state index is 0.345. The van der Waals surface area contributed by atoms with Crippen LogP contribution in [0.15, 0.2) is 0 Å². The largest absolute Gasteiger partial charge is 0.396 e. The highest BCUT2D eigenvalue weighted by Gasteiger charge is 2.06. The lowest BCUT2D eigenvalue weighted by molar-refractivity contribution is 0.0831. The molecule has 0 radical (unpaired) electrons. The second-order valence-electron chi connectivity index (χ2n) is 6.83. The zero-order chi connectivity index (χ0) is 17.0. The zero-order valence-corrected chi connectivity index (χ0v) is 15.6. The van der Waals surface area contributed by atoms with Crippen molar-refractivity contribution in [2.45, 2.75) is 109 Å². The Morgan fingerprint density at radius 3 is 1.13 bits per heavy atom. The van der Waals surface area contributed by atoms with Gasteiger partial charge in [0.1, 0.15) is 0 Å². The first-order valence-corrected chi connectivity index (χ1v) is 10.1. The van der Waals surface area contributed by atoms with Gasteiger partial charge >= 0.3 is 0 Å². The Morgan fingerprint density at radius 1 is 0.522 bits per heavy atom. The second-order valence-corrected chi connectivity index (χ2v) is 6.83. The van der Waals surface area contributed by atoms with Crippen molar-refractivity contribution in [3.8, 4) is 0 Å². The topological polar surface area (TPSA) is 49.7 Å². The monoisotopic (exact) mass is 330 g/mol. The van der Waals surface area contributed by atoms with Crippen molar-refractivity contribution in [3.63, 3.8) is 0 Å². The molecule has 0 saturated heterocycles. The summed E-state index contributed by atoms with van der Waals surface area (Å²) in [5.74, 6) is 0. The quantitative estimate of drug-likeness (QED) is 0.319. The van der Waals surface area contributed by atoms with Crippen LogP contribution in [0.3, 0.4) is 0 Å². The van der Waals surface area contributed by atoms with Gasteiger partial charge in [0, 0.05) is 20.3 Å². The van der Waals surface area contributed by atoms with Crippen molar-refractivity contribution < 1.29 is 14.9 Å². The smallest absolute Gasteiger partial charge is 0.0571 e. The van der Waals surface area contributed by atoms with E-state index in [4.69, 9.17) is 14.9 Å². The number of rotatable bonds is 19. The summed E-state index contributed by atoms with van der Waals surface area (Å²) in [6.45, 7) is 0.691. The lowest BCUT2D eigenvalue weighted by Crippen LogP contribution is -2.10. The molecule has 0 aromatic heterocycles. The molecule has 0 unspecified atom stereocenters. The molecule has 0 amide bonds. The molecular weight excluding hydrogens is 288 g/mol. The second kappa shape index (κ2) is 19.9. The number of unbranched alkanes of at least 4 members (excludes halogenated alkanes) is 12. The Labute approximate surface area is 144 Å². The Kier molecular flexibility index (Phi) is 19.8. The molecule has 0 spiro atoms. The van der Waals surface area contributed by atoms with E-state index in [-0.39, 0.29) is 0 Å². The predicted octanol–water partition coefficient (Wildman–Crippen LogP) is 5.23. The van der Waals surface area contributed by atoms with Gasteiger partial charge in [-0.3, -0.25) is 0 Å². The SMILES string of the molecule is COC(CCCCCCCCCO)CCCCCCCCCO. The van der Waals surface area contributed by atoms with Crippen LogP contribution in [-0.2, 0) is 4.74 Å². The van der Waals surface area contributed by atoms with Crippen LogP contribution in [0.5, 0.6) is 0 Å². The maximum Gasteiger partial charge on any atom is 0.0571 e. The van der Waals surface area contributed by atoms with Crippen molar-refractivity contribution in [1.82, 2.24) is 0 Å². The number of ether oxygens (including phenoxy) is 1. The van der Waals surface area contributed by atoms with Crippen molar-refractivity contribution in [2.24, 2.45) is 0 Å². The molecule has 0 fully saturated rings. The van der Waals surface area contributed by atoms with Gasteiger partial charge in [-0.1, -0.05) is 77.0 Å². The fraction of sp³-hybridized carbons (Fsp3) is 1.00. The maximum absolute atomic E-state index is 8.73. The highest BCUT2D eigenvalue weighted by molar-refractivity contribution is 4.59. The Bertz CT molecular complexity index is 189. The molecule has 0 saturated carbocycles. The van der Waals surface area contributed by atoms with E-state index in [9.17, 15) is 0 Å². The van der Waals surface area contributed by atoms with Crippen LogP contribution in [0.2, 0.25) is 0 Å². The molecule has 0 bridgehead atoms. The van der Waals surface area contributed by atoms with E-state index in [1.165, 1.54) is 89.9 Å². The minimum absolute atomic E-state index is 0.345. The summed E-state index contributed by atoms with van der Waals surface area (Å²) in [5, 5.41) is 17.5. The summed E-state index contributed by atoms with van der Waals surface area (Å²) in [6, 6.07) is 0. The summed E-state index contributed by atoms with van der Waals surface area (Å²) in [6.07, 6.45) is 20.2. The molecule has 0 rings (SSSR count). The third kappa shape index (κ3) is 18.1. The summed E-state index contributed by atoms with van der Waals surface area (Å²) in [5.41, 5.74) is 0. The average Bonchev–Trinajstić information content (AvgIpc) is 2.57. The number of aliphatic hydroxyl groups is 2. The van der Waals surface area contributed by atoms with Crippen LogP contribution in [0.4, 0.5) is 0 Å². The third-order valence-corrected chi connectivity index (χ3v) is 4.70. The molecule has 3 nitrogen and oxygen atoms in total. The molecule has 0 aromatic rings. The minimum Gasteiger partial charge on any atom is -0.396 e. The van der Waals surface area contributed by atoms with Gasteiger partial charge < -0.3 is 14.9 Å². The maximum atomic E-state index is 8.73. The molecule has 2 N–H and O–H groups in total. The van der Waals surface area contributed by atoms with Gasteiger partial charge in [-0.05, 0) is 25.7 Å². The number of hydrogen-bond acceptors (Lipinski definition) is 3. The van der Waals surface area contributed by atoms with Gasteiger partial charge in [0.25, 0.3) is 0 Å². The summed E-state index contributed by atoms with van der Waals surface area (Å²) in [4.78, 5) is 0. The van der Waals surface area contributed by atoms with E-state index in [0.29, 0.717) is 19.3 Å². The van der Waals surface area contributed by atoms with Crippen LogP contribution in [0, 0.1) is 0 Å². The zero-order valence-electron chi connectivity index (χ0n) is 15.6. The molecule has 0 atom stereocenters. The van der Waals surface area contributed by atoms with E-state index in [1.807, 2.05) is 7.11 Å². The summed E-state index contributed by atoms with van der Waals surface area (Å²) >= 11 is 0. The lowest BCUT2D eigenvalue weighted by Gasteiger charge is -2.15. The van der Waals surface area contributed by atoms with E-state index in [1.54, 1.807) is 0 Å². The van der Waals surface area contributed by atoms with Gasteiger partial charge in [-0.15, -0.1) is 0 Å². The van der Waals surface area contributed by atoms with Crippen LogP contribution in [0.25, 0.3) is 0 Å². The number of aliphatic hydroxyl groups excluding tert-OH is 2. The van der Waals surface area contributed by atoms with Crippen LogP contribution in [-0.4, -0.2) is 36.6 Å². The molecule has 23 heavy (non-hydrogen) atoms. The standard InChI is InChI=1S/C20H42O3/c1-23-20(16-12-8-4-2-6-10-14-18-21)17-13-9-5-3-7-11-15-19-22/h20-22H,2-19H2,1H3. The van der Waals surface area contributed by atoms with E-state index in [2.05, 4.69) is 0 Å². The molecule has 0 aromatic carbocycles. The van der Waals surface area contributed by atoms with Gasteiger partial charge in [-0.25, -0.2) is 0 Å². The first-order chi connectivity index (χ1) is 11.3. The molecule has 140 valence electrons. The Balaban J connectivity index is 3.29. The van der Waals surface area contributed by atoms with E-state index >= 15 is 0 Å². The highest BCUT2D eigenvalue weighted by atomic mass is 16.5. The summed E-state index contributed by atoms with van der Waals surface area (Å²) < 4.78 is 5.61. The van der Waals surface area contributed by atoms with E-state index < -0.39 is 0 Å². The average molecular weight is 331 g/mol. The molecule has 3 heteroatoms. The normalized spacial score (nSPS) is 11.5. The first kappa shape index (κ1) is 22.9. The number of methoxy groups -OCH3 is 1. The third-order valence-electron chi connectivity index (χ3n) is 4.70. The fourth-order valence-corrected chi connectivity index (χ4v) is 3.12. The highest BCUT2D eigenvalue weighted by Crippen LogP contribution is 2.16. The molecule has 0 aliphatic carbocycles. The molecule has 0 aliphatic rings. The predicted molar refractivity (Wildman–Crippen MR) is 98.8 cm³/mol. The van der Waals surface area contributed by atoms with Crippen LogP contribution < -0.4 is 0 Å².